The van der Waals surface area contributed by atoms with E-state index < -0.39 is 86.8 Å². The van der Waals surface area contributed by atoms with E-state index in [0.717, 1.165) is 109 Å². The van der Waals surface area contributed by atoms with Crippen molar-refractivity contribution in [3.8, 4) is 0 Å². The number of aliphatic hydroxyl groups excluding tert-OH is 8. The standard InChI is InChI=1S/C53H87NO13/c1-3-5-7-9-10-11-12-13-14-15-16-17-18-19-20-21-22-23-24-25-26-27-28-29-30-31-32-33-35-37-45(58)54-41(42(57)36-34-8-6-4-2)40-64-52-50(63)48(61)51(44(39-56)66-52)67-53-49(62)47(60)46(59)43(38-55)65-53/h5,7,10-11,13-14,16-17,19-20,22-23,25-26,34,36,41-44,46-53,55-57,59-63H,3-4,6,8-9,12,15,18,21,24,27-33,35,37-40H2,1-2H3,(H,54,58)/b7-5-,11-10-,14-13-,17-16-,20-19-,23-22-,26-25-,36-34+. The fraction of sp³-hybridized carbons (Fsp3) is 0.679. The number of aliphatic hydroxyl groups is 8. The van der Waals surface area contributed by atoms with Crippen LogP contribution in [0.25, 0.3) is 0 Å². The van der Waals surface area contributed by atoms with Crippen molar-refractivity contribution >= 4 is 5.91 Å². The number of allylic oxidation sites excluding steroid dienone is 15. The first-order valence-electron chi connectivity index (χ1n) is 25.0. The number of amides is 1. The number of carbonyl (C=O) groups is 1. The van der Waals surface area contributed by atoms with E-state index in [9.17, 15) is 45.6 Å². The van der Waals surface area contributed by atoms with Crippen LogP contribution in [0.4, 0.5) is 0 Å². The molecular formula is C53H87NO13. The quantitative estimate of drug-likeness (QED) is 0.0246. The van der Waals surface area contributed by atoms with Gasteiger partial charge in [-0.15, -0.1) is 0 Å². The number of rotatable bonds is 36. The molecule has 2 fully saturated rings. The molecule has 2 aliphatic heterocycles. The summed E-state index contributed by atoms with van der Waals surface area (Å²) in [7, 11) is 0. The van der Waals surface area contributed by atoms with Crippen LogP contribution in [0, 0.1) is 0 Å². The second-order valence-corrected chi connectivity index (χ2v) is 17.2. The maximum Gasteiger partial charge on any atom is 0.220 e. The first-order chi connectivity index (χ1) is 32.6. The summed E-state index contributed by atoms with van der Waals surface area (Å²) in [6, 6.07) is -0.923. The average Bonchev–Trinajstić information content (AvgIpc) is 3.33. The molecule has 0 radical (unpaired) electrons. The molecule has 0 aliphatic carbocycles. The normalized spacial score (nSPS) is 27.4. The highest BCUT2D eigenvalue weighted by Crippen LogP contribution is 2.30. The molecular weight excluding hydrogens is 859 g/mol. The summed E-state index contributed by atoms with van der Waals surface area (Å²) in [6.45, 7) is 2.46. The van der Waals surface area contributed by atoms with Crippen LogP contribution >= 0.6 is 0 Å². The van der Waals surface area contributed by atoms with Gasteiger partial charge in [-0.05, 0) is 70.6 Å². The molecule has 2 rings (SSSR count). The Hall–Kier alpha value is -3.09. The number of hydrogen-bond donors (Lipinski definition) is 9. The minimum absolute atomic E-state index is 0.259. The van der Waals surface area contributed by atoms with Gasteiger partial charge in [-0.25, -0.2) is 0 Å². The summed E-state index contributed by atoms with van der Waals surface area (Å²) in [5.41, 5.74) is 0. The van der Waals surface area contributed by atoms with E-state index in [4.69, 9.17) is 18.9 Å². The summed E-state index contributed by atoms with van der Waals surface area (Å²) in [4.78, 5) is 13.0. The fourth-order valence-corrected chi connectivity index (χ4v) is 7.43. The number of ether oxygens (including phenoxy) is 4. The van der Waals surface area contributed by atoms with Gasteiger partial charge in [0.2, 0.25) is 5.91 Å². The zero-order valence-corrected chi connectivity index (χ0v) is 40.3. The van der Waals surface area contributed by atoms with Crippen molar-refractivity contribution in [1.82, 2.24) is 5.32 Å². The maximum absolute atomic E-state index is 13.0. The summed E-state index contributed by atoms with van der Waals surface area (Å²) >= 11 is 0. The zero-order chi connectivity index (χ0) is 48.9. The van der Waals surface area contributed by atoms with E-state index >= 15 is 0 Å². The maximum atomic E-state index is 13.0. The van der Waals surface area contributed by atoms with Gasteiger partial charge in [0.1, 0.15) is 48.8 Å². The summed E-state index contributed by atoms with van der Waals surface area (Å²) < 4.78 is 22.5. The second kappa shape index (κ2) is 38.7. The summed E-state index contributed by atoms with van der Waals surface area (Å²) in [6.07, 6.45) is 35.4. The topological polar surface area (TPSA) is 228 Å². The van der Waals surface area contributed by atoms with Gasteiger partial charge in [0, 0.05) is 6.42 Å². The third-order valence-corrected chi connectivity index (χ3v) is 11.5. The number of hydrogen-bond acceptors (Lipinski definition) is 13. The van der Waals surface area contributed by atoms with Crippen molar-refractivity contribution in [3.05, 3.63) is 97.2 Å². The van der Waals surface area contributed by atoms with Crippen LogP contribution in [0.5, 0.6) is 0 Å². The first kappa shape index (κ1) is 60.0. The smallest absolute Gasteiger partial charge is 0.220 e. The molecule has 0 bridgehead atoms. The molecule has 14 nitrogen and oxygen atoms in total. The molecule has 14 heteroatoms. The molecule has 0 saturated carbocycles. The third-order valence-electron chi connectivity index (χ3n) is 11.5. The minimum Gasteiger partial charge on any atom is -0.394 e. The number of carbonyl (C=O) groups excluding carboxylic acids is 1. The van der Waals surface area contributed by atoms with E-state index in [-0.39, 0.29) is 18.9 Å². The van der Waals surface area contributed by atoms with Crippen LogP contribution in [0.2, 0.25) is 0 Å². The lowest BCUT2D eigenvalue weighted by Crippen LogP contribution is -2.65. The average molecular weight is 946 g/mol. The fourth-order valence-electron chi connectivity index (χ4n) is 7.43. The van der Waals surface area contributed by atoms with Crippen LogP contribution < -0.4 is 5.32 Å². The Morgan fingerprint density at radius 2 is 1.03 bits per heavy atom. The SMILES string of the molecule is CC/C=C\C/C=C\C/C=C\C/C=C\C/C=C\C/C=C\C/C=C\CCCCCCCCCC(=O)NC(COC1OC(CO)C(OC2OC(CO)C(O)C(O)C2O)C(O)C1O)C(O)/C=C/CCCC. The molecule has 9 N–H and O–H groups in total. The van der Waals surface area contributed by atoms with Crippen molar-refractivity contribution in [3.63, 3.8) is 0 Å². The van der Waals surface area contributed by atoms with Crippen LogP contribution in [-0.4, -0.2) is 140 Å². The minimum atomic E-state index is -1.79. The Balaban J connectivity index is 1.64. The lowest BCUT2D eigenvalue weighted by atomic mass is 9.97. The van der Waals surface area contributed by atoms with Gasteiger partial charge >= 0.3 is 0 Å². The Bertz CT molecular complexity index is 1490. The molecule has 0 spiro atoms. The zero-order valence-electron chi connectivity index (χ0n) is 40.3. The third kappa shape index (κ3) is 25.9. The molecule has 0 aromatic heterocycles. The molecule has 2 aliphatic rings. The first-order valence-corrected chi connectivity index (χ1v) is 25.0. The predicted molar refractivity (Wildman–Crippen MR) is 262 cm³/mol. The lowest BCUT2D eigenvalue weighted by Gasteiger charge is -2.46. The predicted octanol–water partition coefficient (Wildman–Crippen LogP) is 6.37. The van der Waals surface area contributed by atoms with Crippen molar-refractivity contribution in [2.24, 2.45) is 0 Å². The van der Waals surface area contributed by atoms with Crippen LogP contribution in [0.1, 0.15) is 136 Å². The number of nitrogens with one attached hydrogen (secondary N) is 1. The Morgan fingerprint density at radius 1 is 0.552 bits per heavy atom. The highest BCUT2D eigenvalue weighted by atomic mass is 16.7. The van der Waals surface area contributed by atoms with Crippen LogP contribution in [0.3, 0.4) is 0 Å². The molecule has 0 aromatic rings. The second-order valence-electron chi connectivity index (χ2n) is 17.2. The van der Waals surface area contributed by atoms with E-state index in [2.05, 4.69) is 104 Å². The Labute approximate surface area is 401 Å². The molecule has 382 valence electrons. The van der Waals surface area contributed by atoms with Gasteiger partial charge in [0.05, 0.1) is 32.0 Å². The van der Waals surface area contributed by atoms with E-state index in [1.54, 1.807) is 6.08 Å². The molecule has 67 heavy (non-hydrogen) atoms. The molecule has 1 amide bonds. The van der Waals surface area contributed by atoms with Gasteiger partial charge in [-0.1, -0.05) is 156 Å². The molecule has 0 aromatic carbocycles. The van der Waals surface area contributed by atoms with Gasteiger partial charge in [0.25, 0.3) is 0 Å². The molecule has 12 atom stereocenters. The van der Waals surface area contributed by atoms with Crippen molar-refractivity contribution < 1.29 is 64.6 Å². The van der Waals surface area contributed by atoms with Crippen LogP contribution in [0.15, 0.2) is 97.2 Å². The molecule has 2 saturated heterocycles. The van der Waals surface area contributed by atoms with Gasteiger partial charge < -0.3 is 65.1 Å². The van der Waals surface area contributed by atoms with Crippen LogP contribution in [-0.2, 0) is 23.7 Å². The van der Waals surface area contributed by atoms with E-state index in [1.807, 2.05) is 6.08 Å². The van der Waals surface area contributed by atoms with Gasteiger partial charge in [-0.3, -0.25) is 4.79 Å². The Kier molecular flexibility index (Phi) is 34.7. The van der Waals surface area contributed by atoms with Crippen molar-refractivity contribution in [2.45, 2.75) is 209 Å². The largest absolute Gasteiger partial charge is 0.394 e. The lowest BCUT2D eigenvalue weighted by molar-refractivity contribution is -0.359. The van der Waals surface area contributed by atoms with Crippen molar-refractivity contribution in [2.75, 3.05) is 19.8 Å². The Morgan fingerprint density at radius 3 is 1.57 bits per heavy atom. The number of unbranched alkanes of at least 4 members (excludes halogenated alkanes) is 9. The van der Waals surface area contributed by atoms with Gasteiger partial charge in [0.15, 0.2) is 12.6 Å². The van der Waals surface area contributed by atoms with Gasteiger partial charge in [-0.2, -0.15) is 0 Å². The molecule has 12 unspecified atom stereocenters. The summed E-state index contributed by atoms with van der Waals surface area (Å²) in [5.74, 6) is -0.267. The highest BCUT2D eigenvalue weighted by molar-refractivity contribution is 5.76. The summed E-state index contributed by atoms with van der Waals surface area (Å²) in [5, 5.41) is 86.0. The van der Waals surface area contributed by atoms with E-state index in [1.165, 1.54) is 0 Å². The highest BCUT2D eigenvalue weighted by Gasteiger charge is 2.51. The molecule has 2 heterocycles. The monoisotopic (exact) mass is 946 g/mol. The van der Waals surface area contributed by atoms with Crippen molar-refractivity contribution in [1.29, 1.82) is 0 Å². The van der Waals surface area contributed by atoms with E-state index in [0.29, 0.717) is 6.42 Å².